The summed E-state index contributed by atoms with van der Waals surface area (Å²) in [4.78, 5) is 20.2. The summed E-state index contributed by atoms with van der Waals surface area (Å²) in [6, 6.07) is 1.93. The van der Waals surface area contributed by atoms with Gasteiger partial charge in [0.1, 0.15) is 11.5 Å². The fourth-order valence-corrected chi connectivity index (χ4v) is 1.78. The molecule has 7 heteroatoms. The maximum Gasteiger partial charge on any atom is 0.271 e. The Morgan fingerprint density at radius 3 is 2.76 bits per heavy atom. The molecule has 0 radical (unpaired) electrons. The number of carbonyl (C=O) groups excluding carboxylic acids is 1. The predicted molar refractivity (Wildman–Crippen MR) is 80.1 cm³/mol. The van der Waals surface area contributed by atoms with Gasteiger partial charge in [0.05, 0.1) is 18.1 Å². The molecule has 2 rings (SSSR count). The first kappa shape index (κ1) is 15.0. The van der Waals surface area contributed by atoms with Gasteiger partial charge in [-0.1, -0.05) is 6.92 Å². The molecule has 112 valence electrons. The molecule has 0 aliphatic carbocycles. The molecule has 7 nitrogen and oxygen atoms in total. The van der Waals surface area contributed by atoms with Crippen LogP contribution in [0.4, 0.5) is 5.82 Å². The Hall–Kier alpha value is -2.44. The smallest absolute Gasteiger partial charge is 0.271 e. The van der Waals surface area contributed by atoms with Crippen molar-refractivity contribution in [3.63, 3.8) is 0 Å². The number of carbonyl (C=O) groups is 1. The number of aromatic nitrogens is 4. The van der Waals surface area contributed by atoms with E-state index in [1.807, 2.05) is 19.3 Å². The van der Waals surface area contributed by atoms with Gasteiger partial charge in [-0.2, -0.15) is 5.10 Å². The highest BCUT2D eigenvalue weighted by Gasteiger charge is 2.07. The average molecular weight is 288 g/mol. The van der Waals surface area contributed by atoms with Gasteiger partial charge in [-0.05, 0) is 12.5 Å². The molecule has 0 aliphatic rings. The Labute approximate surface area is 123 Å². The average Bonchev–Trinajstić information content (AvgIpc) is 2.91. The molecular formula is C14H20N6O. The largest absolute Gasteiger partial charge is 0.369 e. The minimum atomic E-state index is -0.222. The van der Waals surface area contributed by atoms with Crippen LogP contribution >= 0.6 is 0 Å². The van der Waals surface area contributed by atoms with E-state index in [9.17, 15) is 4.79 Å². The molecule has 0 spiro atoms. The van der Waals surface area contributed by atoms with E-state index in [2.05, 4.69) is 32.6 Å². The van der Waals surface area contributed by atoms with Crippen molar-refractivity contribution in [2.75, 3.05) is 18.4 Å². The van der Waals surface area contributed by atoms with E-state index in [-0.39, 0.29) is 5.91 Å². The van der Waals surface area contributed by atoms with Crippen molar-refractivity contribution >= 4 is 11.7 Å². The highest BCUT2D eigenvalue weighted by atomic mass is 16.1. The second kappa shape index (κ2) is 7.37. The maximum absolute atomic E-state index is 11.9. The highest BCUT2D eigenvalue weighted by Crippen LogP contribution is 2.01. The van der Waals surface area contributed by atoms with Gasteiger partial charge >= 0.3 is 0 Å². The van der Waals surface area contributed by atoms with Gasteiger partial charge in [-0.15, -0.1) is 0 Å². The van der Waals surface area contributed by atoms with Crippen molar-refractivity contribution in [1.82, 2.24) is 25.1 Å². The summed E-state index contributed by atoms with van der Waals surface area (Å²) >= 11 is 0. The van der Waals surface area contributed by atoms with Crippen LogP contribution in [-0.2, 0) is 13.5 Å². The maximum atomic E-state index is 11.9. The number of hydrogen-bond donors (Lipinski definition) is 2. The van der Waals surface area contributed by atoms with E-state index < -0.39 is 0 Å². The summed E-state index contributed by atoms with van der Waals surface area (Å²) in [5.41, 5.74) is 1.26. The Morgan fingerprint density at radius 2 is 2.14 bits per heavy atom. The van der Waals surface area contributed by atoms with E-state index in [1.54, 1.807) is 10.9 Å². The van der Waals surface area contributed by atoms with E-state index in [0.717, 1.165) is 18.7 Å². The number of hydrogen-bond acceptors (Lipinski definition) is 5. The Morgan fingerprint density at radius 1 is 1.29 bits per heavy atom. The number of nitrogens with one attached hydrogen (secondary N) is 2. The monoisotopic (exact) mass is 288 g/mol. The molecule has 0 saturated heterocycles. The third-order valence-electron chi connectivity index (χ3n) is 2.88. The van der Waals surface area contributed by atoms with Crippen LogP contribution in [0.1, 0.15) is 29.5 Å². The lowest BCUT2D eigenvalue weighted by molar-refractivity contribution is 0.0948. The first-order valence-electron chi connectivity index (χ1n) is 7.01. The van der Waals surface area contributed by atoms with Crippen LogP contribution in [0.15, 0.2) is 24.7 Å². The lowest BCUT2D eigenvalue weighted by Crippen LogP contribution is -2.26. The van der Waals surface area contributed by atoms with Crippen molar-refractivity contribution in [2.45, 2.75) is 19.8 Å². The lowest BCUT2D eigenvalue weighted by atomic mass is 10.3. The van der Waals surface area contributed by atoms with Crippen LogP contribution in [0.2, 0.25) is 0 Å². The third-order valence-corrected chi connectivity index (χ3v) is 2.88. The minimum absolute atomic E-state index is 0.222. The summed E-state index contributed by atoms with van der Waals surface area (Å²) in [5, 5.41) is 10.2. The van der Waals surface area contributed by atoms with Gasteiger partial charge in [0.25, 0.3) is 5.91 Å². The van der Waals surface area contributed by atoms with Crippen molar-refractivity contribution in [3.05, 3.63) is 36.0 Å². The molecule has 2 aromatic rings. The van der Waals surface area contributed by atoms with E-state index in [1.165, 1.54) is 6.20 Å². The van der Waals surface area contributed by atoms with E-state index >= 15 is 0 Å². The van der Waals surface area contributed by atoms with Crippen LogP contribution in [0.5, 0.6) is 0 Å². The zero-order chi connectivity index (χ0) is 15.1. The Kier molecular flexibility index (Phi) is 5.25. The third kappa shape index (κ3) is 4.55. The van der Waals surface area contributed by atoms with Gasteiger partial charge in [-0.25, -0.2) is 9.97 Å². The Balaban J connectivity index is 1.79. The van der Waals surface area contributed by atoms with Gasteiger partial charge in [0.15, 0.2) is 0 Å². The van der Waals surface area contributed by atoms with Crippen LogP contribution in [0.25, 0.3) is 0 Å². The van der Waals surface area contributed by atoms with Crippen LogP contribution in [0.3, 0.4) is 0 Å². The number of rotatable bonds is 7. The molecule has 0 aliphatic heterocycles. The molecule has 21 heavy (non-hydrogen) atoms. The van der Waals surface area contributed by atoms with Crippen molar-refractivity contribution in [3.8, 4) is 0 Å². The molecule has 0 aromatic carbocycles. The van der Waals surface area contributed by atoms with Gasteiger partial charge < -0.3 is 10.6 Å². The summed E-state index contributed by atoms with van der Waals surface area (Å²) in [6.45, 7) is 3.43. The van der Waals surface area contributed by atoms with Gasteiger partial charge in [0, 0.05) is 32.8 Å². The number of aryl methyl sites for hydroxylation is 1. The zero-order valence-corrected chi connectivity index (χ0v) is 12.3. The van der Waals surface area contributed by atoms with Crippen LogP contribution < -0.4 is 10.6 Å². The predicted octanol–water partition coefficient (Wildman–Crippen LogP) is 1.00. The van der Waals surface area contributed by atoms with E-state index in [4.69, 9.17) is 0 Å². The molecule has 0 saturated carbocycles. The molecular weight excluding hydrogens is 268 g/mol. The molecule has 1 amide bonds. The summed E-state index contributed by atoms with van der Waals surface area (Å²) < 4.78 is 1.74. The fourth-order valence-electron chi connectivity index (χ4n) is 1.78. The van der Waals surface area contributed by atoms with Crippen molar-refractivity contribution < 1.29 is 4.79 Å². The highest BCUT2D eigenvalue weighted by molar-refractivity contribution is 5.91. The molecule has 0 atom stereocenters. The number of anilines is 1. The molecule has 2 heterocycles. The summed E-state index contributed by atoms with van der Waals surface area (Å²) in [5.74, 6) is 0.461. The molecule has 2 N–H and O–H groups in total. The van der Waals surface area contributed by atoms with Gasteiger partial charge in [0.2, 0.25) is 0 Å². The quantitative estimate of drug-likeness (QED) is 0.794. The van der Waals surface area contributed by atoms with Crippen LogP contribution in [-0.4, -0.2) is 38.7 Å². The number of nitrogens with zero attached hydrogens (tertiary/aromatic N) is 4. The standard InChI is InChI=1S/C14H20N6O/c1-3-6-15-13-10-17-12(9-18-13)14(21)16-7-4-11-5-8-20(2)19-11/h5,8-10H,3-4,6-7H2,1-2H3,(H,15,18)(H,16,21). The lowest BCUT2D eigenvalue weighted by Gasteiger charge is -2.05. The second-order valence-electron chi connectivity index (χ2n) is 4.70. The van der Waals surface area contributed by atoms with Crippen molar-refractivity contribution in [1.29, 1.82) is 0 Å². The van der Waals surface area contributed by atoms with Crippen LogP contribution in [0, 0.1) is 0 Å². The topological polar surface area (TPSA) is 84.7 Å². The second-order valence-corrected chi connectivity index (χ2v) is 4.70. The summed E-state index contributed by atoms with van der Waals surface area (Å²) in [6.07, 6.45) is 6.63. The zero-order valence-electron chi connectivity index (χ0n) is 12.3. The minimum Gasteiger partial charge on any atom is -0.369 e. The first-order valence-corrected chi connectivity index (χ1v) is 7.01. The summed E-state index contributed by atoms with van der Waals surface area (Å²) in [7, 11) is 1.87. The SMILES string of the molecule is CCCNc1cnc(C(=O)NCCc2ccn(C)n2)cn1. The molecule has 0 bridgehead atoms. The fraction of sp³-hybridized carbons (Fsp3) is 0.429. The molecule has 2 aromatic heterocycles. The normalized spacial score (nSPS) is 10.4. The van der Waals surface area contributed by atoms with E-state index in [0.29, 0.717) is 24.5 Å². The Bertz CT molecular complexity index is 577. The molecule has 0 fully saturated rings. The first-order chi connectivity index (χ1) is 10.2. The van der Waals surface area contributed by atoms with Crippen molar-refractivity contribution in [2.24, 2.45) is 7.05 Å². The number of amides is 1. The molecule has 0 unspecified atom stereocenters. The van der Waals surface area contributed by atoms with Gasteiger partial charge in [-0.3, -0.25) is 9.48 Å².